The Balaban J connectivity index is 2.03. The monoisotopic (exact) mass is 328 g/mol. The maximum absolute atomic E-state index is 11.9. The van der Waals surface area contributed by atoms with E-state index in [1.54, 1.807) is 0 Å². The molecule has 0 unspecified atom stereocenters. The summed E-state index contributed by atoms with van der Waals surface area (Å²) in [4.78, 5) is 32.2. The summed E-state index contributed by atoms with van der Waals surface area (Å²) in [6.45, 7) is 1.54. The fraction of sp³-hybridized carbons (Fsp3) is 0.0667. The lowest BCUT2D eigenvalue weighted by molar-refractivity contribution is -0.385. The fourth-order valence-electron chi connectivity index (χ4n) is 1.91. The number of carbonyl (C=O) groups is 1. The van der Waals surface area contributed by atoms with Gasteiger partial charge in [0.1, 0.15) is 0 Å². The van der Waals surface area contributed by atoms with Crippen LogP contribution in [0.2, 0.25) is 0 Å². The van der Waals surface area contributed by atoms with Crippen molar-refractivity contribution < 1.29 is 14.6 Å². The Morgan fingerprint density at radius 2 is 1.75 bits per heavy atom. The molecular weight excluding hydrogens is 316 g/mol. The third-order valence-corrected chi connectivity index (χ3v) is 3.14. The second-order valence-corrected chi connectivity index (χ2v) is 4.81. The summed E-state index contributed by atoms with van der Waals surface area (Å²) in [5, 5.41) is 25.0. The average molecular weight is 328 g/mol. The van der Waals surface area contributed by atoms with Crippen LogP contribution in [0.15, 0.2) is 47.6 Å². The van der Waals surface area contributed by atoms with E-state index in [2.05, 4.69) is 10.5 Å². The number of hydrogen-bond acceptors (Lipinski definition) is 6. The second kappa shape index (κ2) is 7.09. The minimum atomic E-state index is -0.524. The third kappa shape index (κ3) is 3.97. The molecule has 0 spiro atoms. The summed E-state index contributed by atoms with van der Waals surface area (Å²) in [5.41, 5.74) is 3.35. The number of amides is 1. The topological polar surface area (TPSA) is 128 Å². The number of rotatable bonds is 5. The van der Waals surface area contributed by atoms with Crippen molar-refractivity contribution in [3.05, 3.63) is 79.4 Å². The molecule has 0 heterocycles. The molecule has 0 radical (unpaired) electrons. The summed E-state index contributed by atoms with van der Waals surface area (Å²) in [6, 6.07) is 9.61. The van der Waals surface area contributed by atoms with Crippen molar-refractivity contribution in [3.8, 4) is 0 Å². The normalized spacial score (nSPS) is 10.5. The van der Waals surface area contributed by atoms with E-state index in [1.165, 1.54) is 55.6 Å². The van der Waals surface area contributed by atoms with Crippen molar-refractivity contribution >= 4 is 23.5 Å². The molecular formula is C15H12N4O5. The molecule has 0 bridgehead atoms. The number of non-ortho nitro benzene ring substituents is 1. The van der Waals surface area contributed by atoms with E-state index < -0.39 is 15.8 Å². The van der Waals surface area contributed by atoms with Crippen LogP contribution >= 0.6 is 0 Å². The summed E-state index contributed by atoms with van der Waals surface area (Å²) in [7, 11) is 0. The first-order chi connectivity index (χ1) is 11.4. The van der Waals surface area contributed by atoms with Crippen molar-refractivity contribution in [2.24, 2.45) is 5.10 Å². The van der Waals surface area contributed by atoms with Gasteiger partial charge in [-0.3, -0.25) is 25.0 Å². The summed E-state index contributed by atoms with van der Waals surface area (Å²) in [5.74, 6) is -0.522. The Morgan fingerprint density at radius 1 is 1.08 bits per heavy atom. The molecule has 0 aliphatic carbocycles. The van der Waals surface area contributed by atoms with Gasteiger partial charge < -0.3 is 0 Å². The van der Waals surface area contributed by atoms with Crippen LogP contribution in [-0.2, 0) is 0 Å². The van der Waals surface area contributed by atoms with Gasteiger partial charge in [-0.05, 0) is 36.8 Å². The zero-order valence-corrected chi connectivity index (χ0v) is 12.5. The molecule has 0 atom stereocenters. The van der Waals surface area contributed by atoms with Crippen LogP contribution in [0.25, 0.3) is 0 Å². The lowest BCUT2D eigenvalue weighted by atomic mass is 10.1. The molecule has 0 saturated carbocycles. The largest absolute Gasteiger partial charge is 0.272 e. The van der Waals surface area contributed by atoms with Gasteiger partial charge in [0.05, 0.1) is 16.1 Å². The maximum atomic E-state index is 11.9. The zero-order valence-electron chi connectivity index (χ0n) is 12.5. The molecule has 0 aliphatic rings. The number of nitro benzene ring substituents is 2. The summed E-state index contributed by atoms with van der Waals surface area (Å²) in [6.07, 6.45) is 1.33. The van der Waals surface area contributed by atoms with Crippen molar-refractivity contribution in [3.63, 3.8) is 0 Å². The van der Waals surface area contributed by atoms with E-state index in [1.807, 2.05) is 0 Å². The van der Waals surface area contributed by atoms with Gasteiger partial charge in [0, 0.05) is 29.3 Å². The van der Waals surface area contributed by atoms with Crippen molar-refractivity contribution in [2.75, 3.05) is 0 Å². The molecule has 1 N–H and O–H groups in total. The van der Waals surface area contributed by atoms with E-state index in [0.29, 0.717) is 11.1 Å². The Kier molecular flexibility index (Phi) is 4.95. The highest BCUT2D eigenvalue weighted by Crippen LogP contribution is 2.18. The number of nitrogens with one attached hydrogen (secondary N) is 1. The predicted molar refractivity (Wildman–Crippen MR) is 86.0 cm³/mol. The first-order valence-electron chi connectivity index (χ1n) is 6.71. The van der Waals surface area contributed by atoms with Crippen LogP contribution in [0.1, 0.15) is 21.5 Å². The molecule has 24 heavy (non-hydrogen) atoms. The molecule has 1 amide bonds. The third-order valence-electron chi connectivity index (χ3n) is 3.14. The highest BCUT2D eigenvalue weighted by Gasteiger charge is 2.13. The first-order valence-corrected chi connectivity index (χ1v) is 6.71. The quantitative estimate of drug-likeness (QED) is 0.512. The second-order valence-electron chi connectivity index (χ2n) is 4.81. The Morgan fingerprint density at radius 3 is 2.29 bits per heavy atom. The van der Waals surface area contributed by atoms with Crippen molar-refractivity contribution in [1.82, 2.24) is 5.43 Å². The highest BCUT2D eigenvalue weighted by molar-refractivity contribution is 5.95. The number of aryl methyl sites for hydroxylation is 1. The van der Waals surface area contributed by atoms with Crippen LogP contribution in [-0.4, -0.2) is 22.0 Å². The van der Waals surface area contributed by atoms with Crippen molar-refractivity contribution in [1.29, 1.82) is 0 Å². The van der Waals surface area contributed by atoms with Gasteiger partial charge in [0.15, 0.2) is 0 Å². The lowest BCUT2D eigenvalue weighted by Gasteiger charge is -2.02. The number of benzene rings is 2. The highest BCUT2D eigenvalue weighted by atomic mass is 16.6. The number of nitro groups is 2. The fourth-order valence-corrected chi connectivity index (χ4v) is 1.91. The Labute approximate surface area is 135 Å². The molecule has 9 heteroatoms. The van der Waals surface area contributed by atoms with E-state index in [-0.39, 0.29) is 16.9 Å². The van der Waals surface area contributed by atoms with Gasteiger partial charge >= 0.3 is 0 Å². The molecule has 2 aromatic carbocycles. The van der Waals surface area contributed by atoms with Crippen LogP contribution in [0.3, 0.4) is 0 Å². The van der Waals surface area contributed by atoms with Crippen LogP contribution in [0.4, 0.5) is 11.4 Å². The molecule has 122 valence electrons. The molecule has 0 aromatic heterocycles. The van der Waals surface area contributed by atoms with E-state index in [0.717, 1.165) is 0 Å². The van der Waals surface area contributed by atoms with E-state index >= 15 is 0 Å². The Bertz CT molecular complexity index is 830. The molecule has 9 nitrogen and oxygen atoms in total. The van der Waals surface area contributed by atoms with Gasteiger partial charge in [-0.2, -0.15) is 5.10 Å². The summed E-state index contributed by atoms with van der Waals surface area (Å²) < 4.78 is 0. The minimum Gasteiger partial charge on any atom is -0.267 e. The first kappa shape index (κ1) is 16.7. The molecule has 2 aromatic rings. The number of hydrogen-bond donors (Lipinski definition) is 1. The van der Waals surface area contributed by atoms with Gasteiger partial charge in [0.25, 0.3) is 17.3 Å². The van der Waals surface area contributed by atoms with Crippen LogP contribution in [0.5, 0.6) is 0 Å². The van der Waals surface area contributed by atoms with Gasteiger partial charge in [0.2, 0.25) is 0 Å². The number of hydrazone groups is 1. The lowest BCUT2D eigenvalue weighted by Crippen LogP contribution is -2.17. The minimum absolute atomic E-state index is 0.0439. The van der Waals surface area contributed by atoms with Crippen molar-refractivity contribution in [2.45, 2.75) is 6.92 Å². The van der Waals surface area contributed by atoms with Gasteiger partial charge in [-0.25, -0.2) is 5.43 Å². The smallest absolute Gasteiger partial charge is 0.267 e. The van der Waals surface area contributed by atoms with E-state index in [9.17, 15) is 25.0 Å². The standard InChI is InChI=1S/C15H12N4O5/c1-10-8-12(4-7-14(10)19(23)24)15(20)17-16-9-11-2-5-13(6-3-11)18(21)22/h2-9H,1H3,(H,17,20)/b16-9+. The molecule has 0 fully saturated rings. The molecule has 2 rings (SSSR count). The molecule has 0 saturated heterocycles. The summed E-state index contributed by atoms with van der Waals surface area (Å²) >= 11 is 0. The predicted octanol–water partition coefficient (Wildman–Crippen LogP) is 2.58. The van der Waals surface area contributed by atoms with Crippen LogP contribution in [0, 0.1) is 27.2 Å². The van der Waals surface area contributed by atoms with Gasteiger partial charge in [-0.15, -0.1) is 0 Å². The Hall–Kier alpha value is -3.62. The number of nitrogens with zero attached hydrogens (tertiary/aromatic N) is 3. The van der Waals surface area contributed by atoms with Gasteiger partial charge in [-0.1, -0.05) is 0 Å². The van der Waals surface area contributed by atoms with Crippen LogP contribution < -0.4 is 5.43 Å². The SMILES string of the molecule is Cc1cc(C(=O)N/N=C/c2ccc([N+](=O)[O-])cc2)ccc1[N+](=O)[O-]. The zero-order chi connectivity index (χ0) is 17.7. The molecule has 0 aliphatic heterocycles. The number of carbonyl (C=O) groups excluding carboxylic acids is 1. The van der Waals surface area contributed by atoms with E-state index in [4.69, 9.17) is 0 Å². The maximum Gasteiger partial charge on any atom is 0.272 e. The average Bonchev–Trinajstić information content (AvgIpc) is 2.54.